The third-order valence-electron chi connectivity index (χ3n) is 11.5. The van der Waals surface area contributed by atoms with Crippen LogP contribution in [0.25, 0.3) is 0 Å². The van der Waals surface area contributed by atoms with Gasteiger partial charge in [0.25, 0.3) is 5.91 Å². The predicted octanol–water partition coefficient (Wildman–Crippen LogP) is 4.63. The molecule has 54 heavy (non-hydrogen) atoms. The van der Waals surface area contributed by atoms with Gasteiger partial charge in [-0.1, -0.05) is 85.2 Å². The average Bonchev–Trinajstić information content (AvgIpc) is 3.87. The Morgan fingerprint density at radius 2 is 1.76 bits per heavy atom. The van der Waals surface area contributed by atoms with Crippen molar-refractivity contribution in [3.63, 3.8) is 0 Å². The number of hydrogen-bond donors (Lipinski definition) is 3. The highest BCUT2D eigenvalue weighted by Crippen LogP contribution is 2.33. The van der Waals surface area contributed by atoms with E-state index in [1.807, 2.05) is 61.4 Å². The number of ketones is 1. The van der Waals surface area contributed by atoms with Gasteiger partial charge < -0.3 is 35.6 Å². The molecule has 7 unspecified atom stereocenters. The number of nitrogens with one attached hydrogen (secondary N) is 2. The Balaban J connectivity index is 1.83. The van der Waals surface area contributed by atoms with E-state index in [1.54, 1.807) is 67.1 Å². The first kappa shape index (κ1) is 45.2. The summed E-state index contributed by atoms with van der Waals surface area (Å²) in [6.07, 6.45) is 3.23. The first-order chi connectivity index (χ1) is 25.5. The summed E-state index contributed by atoms with van der Waals surface area (Å²) in [5.74, 6) is -2.29. The number of methoxy groups -OCH3 is 2. The lowest BCUT2D eigenvalue weighted by Crippen LogP contribution is -2.69. The topological polar surface area (TPSA) is 156 Å². The van der Waals surface area contributed by atoms with E-state index in [2.05, 4.69) is 15.6 Å². The van der Waals surface area contributed by atoms with Gasteiger partial charge in [0.15, 0.2) is 11.3 Å². The summed E-state index contributed by atoms with van der Waals surface area (Å²) in [4.78, 5) is 64.5. The normalized spacial score (nSPS) is 19.4. The molecule has 4 N–H and O–H groups in total. The van der Waals surface area contributed by atoms with Crippen LogP contribution in [-0.2, 0) is 35.1 Å². The van der Waals surface area contributed by atoms with Crippen LogP contribution in [0.1, 0.15) is 90.8 Å². The zero-order valence-corrected chi connectivity index (χ0v) is 35.2. The van der Waals surface area contributed by atoms with Crippen molar-refractivity contribution >= 4 is 34.8 Å². The van der Waals surface area contributed by atoms with Gasteiger partial charge in [-0.3, -0.25) is 19.2 Å². The van der Waals surface area contributed by atoms with Gasteiger partial charge >= 0.3 is 0 Å². The van der Waals surface area contributed by atoms with E-state index in [0.717, 1.165) is 17.0 Å². The van der Waals surface area contributed by atoms with Crippen LogP contribution in [0.3, 0.4) is 0 Å². The Labute approximate surface area is 327 Å². The van der Waals surface area contributed by atoms with Gasteiger partial charge in [-0.25, -0.2) is 4.98 Å². The third kappa shape index (κ3) is 10.3. The number of likely N-dealkylation sites (tertiary alicyclic amines) is 1. The van der Waals surface area contributed by atoms with Crippen LogP contribution in [0.5, 0.6) is 0 Å². The average molecular weight is 771 g/mol. The second-order valence-electron chi connectivity index (χ2n) is 15.9. The number of thiazole rings is 1. The molecule has 3 amide bonds. The van der Waals surface area contributed by atoms with Crippen molar-refractivity contribution in [2.45, 2.75) is 116 Å². The van der Waals surface area contributed by atoms with Gasteiger partial charge in [-0.15, -0.1) is 11.3 Å². The smallest absolute Gasteiger partial charge is 0.250 e. The molecule has 8 atom stereocenters. The van der Waals surface area contributed by atoms with Gasteiger partial charge in [0.1, 0.15) is 5.01 Å². The summed E-state index contributed by atoms with van der Waals surface area (Å²) in [7, 11) is 6.55. The summed E-state index contributed by atoms with van der Waals surface area (Å²) in [6, 6.07) is 8.79. The van der Waals surface area contributed by atoms with Crippen LogP contribution in [0.4, 0.5) is 0 Å². The van der Waals surface area contributed by atoms with Crippen LogP contribution in [0.15, 0.2) is 41.9 Å². The molecule has 1 aliphatic heterocycles. The maximum atomic E-state index is 14.4. The van der Waals surface area contributed by atoms with Crippen LogP contribution in [0, 0.1) is 23.2 Å². The number of ether oxygens (including phenoxy) is 2. The van der Waals surface area contributed by atoms with Crippen molar-refractivity contribution in [2.24, 2.45) is 28.9 Å². The molecule has 0 aliphatic carbocycles. The third-order valence-corrected chi connectivity index (χ3v) is 12.3. The van der Waals surface area contributed by atoms with Gasteiger partial charge in [0, 0.05) is 51.3 Å². The van der Waals surface area contributed by atoms with E-state index >= 15 is 0 Å². The van der Waals surface area contributed by atoms with Gasteiger partial charge in [0.2, 0.25) is 11.8 Å². The van der Waals surface area contributed by atoms with Crippen molar-refractivity contribution in [1.29, 1.82) is 0 Å². The summed E-state index contributed by atoms with van der Waals surface area (Å²) in [5, 5.41) is 8.99. The number of nitrogens with two attached hydrogens (primary N) is 1. The number of nitrogens with zero attached hydrogens (tertiary/aromatic N) is 3. The summed E-state index contributed by atoms with van der Waals surface area (Å²) >= 11 is 1.50. The van der Waals surface area contributed by atoms with Gasteiger partial charge in [-0.2, -0.15) is 0 Å². The molecular weight excluding hydrogens is 705 g/mol. The highest BCUT2D eigenvalue weighted by molar-refractivity contribution is 7.09. The Kier molecular flexibility index (Phi) is 16.8. The number of carbonyl (C=O) groups excluding carboxylic acids is 4. The fourth-order valence-corrected chi connectivity index (χ4v) is 8.72. The molecule has 1 aromatic heterocycles. The van der Waals surface area contributed by atoms with Crippen molar-refractivity contribution < 1.29 is 28.7 Å². The van der Waals surface area contributed by atoms with E-state index in [1.165, 1.54) is 11.3 Å². The lowest BCUT2D eigenvalue weighted by molar-refractivity contribution is -0.155. The van der Waals surface area contributed by atoms with Crippen molar-refractivity contribution in [2.75, 3.05) is 41.4 Å². The van der Waals surface area contributed by atoms with Crippen LogP contribution < -0.4 is 16.4 Å². The lowest BCUT2D eigenvalue weighted by Gasteiger charge is -2.44. The highest BCUT2D eigenvalue weighted by Gasteiger charge is 2.53. The first-order valence-electron chi connectivity index (χ1n) is 19.3. The van der Waals surface area contributed by atoms with Crippen LogP contribution >= 0.6 is 11.3 Å². The molecule has 1 aliphatic rings. The number of benzene rings is 1. The molecule has 1 saturated heterocycles. The van der Waals surface area contributed by atoms with E-state index in [-0.39, 0.29) is 42.0 Å². The maximum absolute atomic E-state index is 14.4. The first-order valence-corrected chi connectivity index (χ1v) is 20.2. The molecular formula is C41H66N6O6S. The highest BCUT2D eigenvalue weighted by atomic mass is 32.1. The second-order valence-corrected chi connectivity index (χ2v) is 16.9. The van der Waals surface area contributed by atoms with E-state index < -0.39 is 46.9 Å². The van der Waals surface area contributed by atoms with Crippen molar-refractivity contribution in [3.05, 3.63) is 52.5 Å². The number of amides is 3. The SMILES string of the molecule is CCC(C)C(C(CC(=O)N1CCC[C@H]1C(OC)C(C)C(=O)NC(Cc1ccccc1)c1nccs1)OC)N(C)C(=O)C(N)(C(=O)C(C)(C)CNC)C(C)C. The molecule has 1 fully saturated rings. The summed E-state index contributed by atoms with van der Waals surface area (Å²) in [5.41, 5.74) is 5.25. The molecule has 1 aromatic carbocycles. The van der Waals surface area contributed by atoms with Crippen LogP contribution in [0.2, 0.25) is 0 Å². The summed E-state index contributed by atoms with van der Waals surface area (Å²) in [6.45, 7) is 13.9. The molecule has 12 nitrogen and oxygen atoms in total. The Bertz CT molecular complexity index is 1510. The second kappa shape index (κ2) is 20.1. The van der Waals surface area contributed by atoms with E-state index in [4.69, 9.17) is 15.2 Å². The zero-order chi connectivity index (χ0) is 40.4. The summed E-state index contributed by atoms with van der Waals surface area (Å²) < 4.78 is 12.1. The van der Waals surface area contributed by atoms with Crippen molar-refractivity contribution in [1.82, 2.24) is 25.4 Å². The zero-order valence-electron chi connectivity index (χ0n) is 34.4. The number of Topliss-reactive ketones (excluding diaryl/α,β-unsaturated/α-hetero) is 1. The largest absolute Gasteiger partial charge is 0.379 e. The Morgan fingerprint density at radius 1 is 1.09 bits per heavy atom. The van der Waals surface area contributed by atoms with Crippen LogP contribution in [-0.4, -0.2) is 110 Å². The molecule has 0 radical (unpaired) electrons. The minimum absolute atomic E-state index is 0.00171. The minimum atomic E-state index is -1.79. The fraction of sp³-hybridized carbons (Fsp3) is 0.683. The quantitative estimate of drug-likeness (QED) is 0.154. The molecule has 0 bridgehead atoms. The molecule has 3 rings (SSSR count). The molecule has 302 valence electrons. The Hall–Kier alpha value is -3.23. The van der Waals surface area contributed by atoms with Crippen molar-refractivity contribution in [3.8, 4) is 0 Å². The molecule has 0 saturated carbocycles. The number of rotatable bonds is 21. The number of hydrogen-bond acceptors (Lipinski definition) is 10. The lowest BCUT2D eigenvalue weighted by atomic mass is 9.70. The molecule has 2 heterocycles. The molecule has 0 spiro atoms. The maximum Gasteiger partial charge on any atom is 0.250 e. The fourth-order valence-electron chi connectivity index (χ4n) is 8.03. The Morgan fingerprint density at radius 3 is 2.30 bits per heavy atom. The monoisotopic (exact) mass is 770 g/mol. The number of carbonyl (C=O) groups is 4. The van der Waals surface area contributed by atoms with E-state index in [9.17, 15) is 19.2 Å². The van der Waals surface area contributed by atoms with E-state index in [0.29, 0.717) is 32.4 Å². The molecule has 13 heteroatoms. The van der Waals surface area contributed by atoms with Gasteiger partial charge in [0.05, 0.1) is 42.7 Å². The minimum Gasteiger partial charge on any atom is -0.379 e. The predicted molar refractivity (Wildman–Crippen MR) is 214 cm³/mol. The number of likely N-dealkylation sites (N-methyl/N-ethyl adjacent to an activating group) is 1. The van der Waals surface area contributed by atoms with Gasteiger partial charge in [-0.05, 0) is 43.7 Å². The number of aromatic nitrogens is 1. The standard InChI is InChI=1S/C41H66N6O6S/c1-12-27(4)34(46(9)39(51)41(42,26(2)3)38(50)40(6,7)25-43-8)32(52-10)24-33(48)47-21-16-19-31(47)35(53-11)28(5)36(49)45-30(37-44-20-22-54-37)23-29-17-14-13-15-18-29/h13-15,17-18,20,22,26-28,30-32,34-35,43H,12,16,19,21,23-25,42H2,1-11H3,(H,45,49)/t27?,28?,30?,31-,32?,34?,35?,41?/m0/s1. The molecule has 2 aromatic rings.